The number of piperidine rings is 1. The number of fused-ring (bicyclic) bond motifs is 1. The van der Waals surface area contributed by atoms with E-state index in [9.17, 15) is 5.11 Å². The third-order valence-electron chi connectivity index (χ3n) is 3.40. The molecular formula is C12H16N4O. The Labute approximate surface area is 99.7 Å². The van der Waals surface area contributed by atoms with E-state index in [0.717, 1.165) is 24.4 Å². The summed E-state index contributed by atoms with van der Waals surface area (Å²) in [4.78, 5) is 6.83. The lowest BCUT2D eigenvalue weighted by molar-refractivity contribution is 0.179. The number of aromatic nitrogens is 3. The van der Waals surface area contributed by atoms with Crippen LogP contribution < -0.4 is 0 Å². The van der Waals surface area contributed by atoms with Crippen molar-refractivity contribution in [2.75, 3.05) is 13.6 Å². The molecule has 90 valence electrons. The highest BCUT2D eigenvalue weighted by Crippen LogP contribution is 2.27. The molecule has 1 N–H and O–H groups in total. The van der Waals surface area contributed by atoms with E-state index in [1.54, 1.807) is 22.8 Å². The van der Waals surface area contributed by atoms with E-state index in [1.807, 2.05) is 0 Å². The number of rotatable bonds is 1. The first kappa shape index (κ1) is 10.5. The summed E-state index contributed by atoms with van der Waals surface area (Å²) in [7, 11) is 2.12. The lowest BCUT2D eigenvalue weighted by Gasteiger charge is -2.30. The molecule has 0 radical (unpaired) electrons. The average Bonchev–Trinajstić information content (AvgIpc) is 2.72. The third-order valence-corrected chi connectivity index (χ3v) is 3.40. The van der Waals surface area contributed by atoms with Gasteiger partial charge in [-0.1, -0.05) is 6.42 Å². The Balaban J connectivity index is 1.99. The summed E-state index contributed by atoms with van der Waals surface area (Å²) in [5, 5.41) is 13.9. The van der Waals surface area contributed by atoms with Gasteiger partial charge < -0.3 is 5.11 Å². The number of hydrogen-bond acceptors (Lipinski definition) is 4. The third kappa shape index (κ3) is 1.86. The van der Waals surface area contributed by atoms with Crippen molar-refractivity contribution in [1.82, 2.24) is 19.5 Å². The fourth-order valence-corrected chi connectivity index (χ4v) is 2.43. The molecule has 1 atom stereocenters. The van der Waals surface area contributed by atoms with E-state index in [4.69, 9.17) is 0 Å². The second-order valence-corrected chi connectivity index (χ2v) is 4.65. The molecule has 3 heterocycles. The van der Waals surface area contributed by atoms with Crippen molar-refractivity contribution in [3.63, 3.8) is 0 Å². The van der Waals surface area contributed by atoms with Crippen molar-refractivity contribution in [2.45, 2.75) is 25.3 Å². The lowest BCUT2D eigenvalue weighted by atomic mass is 10.0. The molecule has 17 heavy (non-hydrogen) atoms. The summed E-state index contributed by atoms with van der Waals surface area (Å²) < 4.78 is 1.65. The molecule has 0 bridgehead atoms. The van der Waals surface area contributed by atoms with Gasteiger partial charge in [0.2, 0.25) is 0 Å². The first-order valence-corrected chi connectivity index (χ1v) is 5.99. The minimum absolute atomic E-state index is 0.214. The summed E-state index contributed by atoms with van der Waals surface area (Å²) >= 11 is 0. The highest BCUT2D eigenvalue weighted by molar-refractivity contribution is 5.40. The highest BCUT2D eigenvalue weighted by Gasteiger charge is 2.24. The maximum absolute atomic E-state index is 9.40. The molecule has 2 aromatic rings. The van der Waals surface area contributed by atoms with Gasteiger partial charge in [-0.2, -0.15) is 0 Å². The van der Waals surface area contributed by atoms with Crippen molar-refractivity contribution < 1.29 is 5.11 Å². The van der Waals surface area contributed by atoms with Gasteiger partial charge in [-0.15, -0.1) is 5.10 Å². The molecule has 0 aliphatic carbocycles. The Morgan fingerprint density at radius 3 is 3.06 bits per heavy atom. The minimum Gasteiger partial charge on any atom is -0.506 e. The first-order chi connectivity index (χ1) is 8.24. The molecule has 5 nitrogen and oxygen atoms in total. The van der Waals surface area contributed by atoms with Crippen molar-refractivity contribution in [2.24, 2.45) is 0 Å². The van der Waals surface area contributed by atoms with Crippen LogP contribution in [0, 0.1) is 0 Å². The molecule has 0 aromatic carbocycles. The van der Waals surface area contributed by atoms with E-state index >= 15 is 0 Å². The van der Waals surface area contributed by atoms with Gasteiger partial charge in [0.05, 0.1) is 12.2 Å². The van der Waals surface area contributed by atoms with Crippen molar-refractivity contribution >= 4 is 5.65 Å². The van der Waals surface area contributed by atoms with E-state index in [0.29, 0.717) is 6.04 Å². The van der Waals surface area contributed by atoms with Crippen LogP contribution in [0.2, 0.25) is 0 Å². The van der Waals surface area contributed by atoms with Gasteiger partial charge in [0, 0.05) is 0 Å². The topological polar surface area (TPSA) is 53.7 Å². The van der Waals surface area contributed by atoms with Crippen LogP contribution in [0.25, 0.3) is 5.65 Å². The molecule has 0 saturated carbocycles. The van der Waals surface area contributed by atoms with Gasteiger partial charge in [0.25, 0.3) is 0 Å². The number of aromatic hydroxyl groups is 1. The number of pyridine rings is 1. The molecule has 1 saturated heterocycles. The van der Waals surface area contributed by atoms with Crippen LogP contribution in [0.1, 0.15) is 31.1 Å². The molecule has 1 aliphatic rings. The summed E-state index contributed by atoms with van der Waals surface area (Å²) in [6.07, 6.45) is 5.19. The Kier molecular flexibility index (Phi) is 2.48. The number of hydrogen-bond donors (Lipinski definition) is 1. The predicted octanol–water partition coefficient (Wildman–Crippen LogP) is 1.59. The van der Waals surface area contributed by atoms with Crippen molar-refractivity contribution in [1.29, 1.82) is 0 Å². The molecule has 5 heteroatoms. The van der Waals surface area contributed by atoms with Crippen molar-refractivity contribution in [3.05, 3.63) is 24.2 Å². The van der Waals surface area contributed by atoms with Gasteiger partial charge in [-0.25, -0.2) is 9.50 Å². The molecular weight excluding hydrogens is 216 g/mol. The first-order valence-electron chi connectivity index (χ1n) is 5.99. The smallest absolute Gasteiger partial charge is 0.168 e. The van der Waals surface area contributed by atoms with E-state index in [1.165, 1.54) is 12.8 Å². The maximum Gasteiger partial charge on any atom is 0.168 e. The standard InChI is InChI=1S/C12H16N4O/c1-15-7-3-2-4-10(15)12-13-11-6-5-9(17)8-16(11)14-12/h5-6,8,10,17H,2-4,7H2,1H3. The Hall–Kier alpha value is -1.62. The zero-order valence-electron chi connectivity index (χ0n) is 9.87. The fraction of sp³-hybridized carbons (Fsp3) is 0.500. The van der Waals surface area contributed by atoms with Crippen LogP contribution in [0.4, 0.5) is 0 Å². The van der Waals surface area contributed by atoms with E-state index in [2.05, 4.69) is 22.0 Å². The Bertz CT molecular complexity index is 536. The van der Waals surface area contributed by atoms with Crippen LogP contribution in [0.5, 0.6) is 5.75 Å². The van der Waals surface area contributed by atoms with Crippen molar-refractivity contribution in [3.8, 4) is 5.75 Å². The normalized spacial score (nSPS) is 22.1. The van der Waals surface area contributed by atoms with Crippen LogP contribution in [0.3, 0.4) is 0 Å². The molecule has 1 aliphatic heterocycles. The zero-order valence-corrected chi connectivity index (χ0v) is 9.87. The van der Waals surface area contributed by atoms with Gasteiger partial charge in [0.15, 0.2) is 11.5 Å². The lowest BCUT2D eigenvalue weighted by Crippen LogP contribution is -2.30. The molecule has 1 unspecified atom stereocenters. The van der Waals surface area contributed by atoms with E-state index in [-0.39, 0.29) is 5.75 Å². The van der Waals surface area contributed by atoms with Crippen LogP contribution in [-0.2, 0) is 0 Å². The molecule has 0 amide bonds. The summed E-state index contributed by atoms with van der Waals surface area (Å²) in [5.41, 5.74) is 0.789. The number of nitrogens with zero attached hydrogens (tertiary/aromatic N) is 4. The average molecular weight is 232 g/mol. The predicted molar refractivity (Wildman–Crippen MR) is 63.9 cm³/mol. The molecule has 1 fully saturated rings. The largest absolute Gasteiger partial charge is 0.506 e. The summed E-state index contributed by atoms with van der Waals surface area (Å²) in [6, 6.07) is 3.73. The monoisotopic (exact) mass is 232 g/mol. The summed E-state index contributed by atoms with van der Waals surface area (Å²) in [6.45, 7) is 1.10. The molecule has 2 aromatic heterocycles. The summed E-state index contributed by atoms with van der Waals surface area (Å²) in [5.74, 6) is 1.07. The number of likely N-dealkylation sites (tertiary alicyclic amines) is 1. The van der Waals surface area contributed by atoms with Gasteiger partial charge in [-0.05, 0) is 38.6 Å². The van der Waals surface area contributed by atoms with Gasteiger partial charge in [0.1, 0.15) is 5.75 Å². The minimum atomic E-state index is 0.214. The van der Waals surface area contributed by atoms with Crippen LogP contribution in [0.15, 0.2) is 18.3 Å². The van der Waals surface area contributed by atoms with Gasteiger partial charge in [-0.3, -0.25) is 4.90 Å². The molecule has 3 rings (SSSR count). The fourth-order valence-electron chi connectivity index (χ4n) is 2.43. The van der Waals surface area contributed by atoms with Crippen LogP contribution in [-0.4, -0.2) is 38.2 Å². The molecule has 0 spiro atoms. The Morgan fingerprint density at radius 2 is 2.24 bits per heavy atom. The second-order valence-electron chi connectivity index (χ2n) is 4.65. The SMILES string of the molecule is CN1CCCCC1c1nc2ccc(O)cn2n1. The highest BCUT2D eigenvalue weighted by atomic mass is 16.3. The quantitative estimate of drug-likeness (QED) is 0.811. The van der Waals surface area contributed by atoms with Gasteiger partial charge >= 0.3 is 0 Å². The second kappa shape index (κ2) is 4.00. The Morgan fingerprint density at radius 1 is 1.35 bits per heavy atom. The zero-order chi connectivity index (χ0) is 11.8. The van der Waals surface area contributed by atoms with Crippen LogP contribution >= 0.6 is 0 Å². The maximum atomic E-state index is 9.40. The van der Waals surface area contributed by atoms with E-state index < -0.39 is 0 Å².